The molecule has 0 saturated carbocycles. The Morgan fingerprint density at radius 2 is 1.34 bits per heavy atom. The summed E-state index contributed by atoms with van der Waals surface area (Å²) in [5, 5.41) is 5.67. The van der Waals surface area contributed by atoms with E-state index in [1.807, 2.05) is 84.9 Å². The Morgan fingerprint density at radius 3 is 1.98 bits per heavy atom. The van der Waals surface area contributed by atoms with E-state index < -0.39 is 0 Å². The van der Waals surface area contributed by atoms with Gasteiger partial charge in [-0.25, -0.2) is 0 Å². The highest BCUT2D eigenvalue weighted by Crippen LogP contribution is 2.36. The second-order valence-electron chi connectivity index (χ2n) is 9.49. The van der Waals surface area contributed by atoms with Crippen LogP contribution in [-0.4, -0.2) is 38.5 Å². The van der Waals surface area contributed by atoms with Crippen molar-refractivity contribution in [3.8, 4) is 5.75 Å². The van der Waals surface area contributed by atoms with Crippen molar-refractivity contribution in [3.63, 3.8) is 0 Å². The van der Waals surface area contributed by atoms with Crippen molar-refractivity contribution in [1.82, 2.24) is 4.98 Å². The molecule has 8 heteroatoms. The highest BCUT2D eigenvalue weighted by atomic mass is 35.5. The molecule has 0 radical (unpaired) electrons. The van der Waals surface area contributed by atoms with Gasteiger partial charge in [0.25, 0.3) is 0 Å². The van der Waals surface area contributed by atoms with Crippen LogP contribution in [0.2, 0.25) is 10.0 Å². The Bertz CT molecular complexity index is 1590. The predicted octanol–water partition coefficient (Wildman–Crippen LogP) is 7.80. The van der Waals surface area contributed by atoms with Crippen LogP contribution in [0.3, 0.4) is 0 Å². The minimum Gasteiger partial charge on any atom is -0.491 e. The normalized spacial score (nSPS) is 11.2. The molecule has 0 fully saturated rings. The van der Waals surface area contributed by atoms with Gasteiger partial charge in [0.15, 0.2) is 0 Å². The zero-order valence-corrected chi connectivity index (χ0v) is 24.0. The van der Waals surface area contributed by atoms with E-state index in [0.717, 1.165) is 39.0 Å². The van der Waals surface area contributed by atoms with Crippen LogP contribution in [0.4, 0.5) is 11.4 Å². The van der Waals surface area contributed by atoms with Gasteiger partial charge in [-0.2, -0.15) is 0 Å². The third-order valence-corrected chi connectivity index (χ3v) is 7.17. The van der Waals surface area contributed by atoms with E-state index in [2.05, 4.69) is 16.4 Å². The number of rotatable bonds is 12. The number of fused-ring (bicyclic) bond motifs is 1. The largest absolute Gasteiger partial charge is 0.491 e. The monoisotopic (exact) mass is 588 g/mol. The van der Waals surface area contributed by atoms with E-state index in [1.165, 1.54) is 0 Å². The number of pyridine rings is 1. The van der Waals surface area contributed by atoms with Crippen molar-refractivity contribution in [2.75, 3.05) is 38.9 Å². The molecule has 0 aliphatic rings. The van der Waals surface area contributed by atoms with E-state index in [9.17, 15) is 4.79 Å². The maximum absolute atomic E-state index is 12.5. The first-order chi connectivity index (χ1) is 20.0. The Labute approximate surface area is 248 Å². The summed E-state index contributed by atoms with van der Waals surface area (Å²) in [6, 6.07) is 31.0. The molecule has 5 rings (SSSR count). The molecule has 1 aromatic heterocycles. The first-order valence-corrected chi connectivity index (χ1v) is 14.0. The lowest BCUT2D eigenvalue weighted by atomic mass is 9.84. The molecule has 0 atom stereocenters. The summed E-state index contributed by atoms with van der Waals surface area (Å²) in [4.78, 5) is 15.5. The van der Waals surface area contributed by atoms with Crippen molar-refractivity contribution in [2.45, 2.75) is 5.92 Å². The summed E-state index contributed by atoms with van der Waals surface area (Å²) in [6.07, 6.45) is 0. The molecule has 5 aromatic rings. The lowest BCUT2D eigenvalue weighted by molar-refractivity contribution is 0.0544. The molecular formula is C33H30Cl2N2O4. The molecule has 2 N–H and O–H groups in total. The topological polar surface area (TPSA) is 72.6 Å². The first kappa shape index (κ1) is 28.7. The number of ether oxygens (including phenoxy) is 3. The van der Waals surface area contributed by atoms with Crippen LogP contribution in [-0.2, 0) is 9.47 Å². The fraction of sp³-hybridized carbons (Fsp3) is 0.182. The molecule has 6 nitrogen and oxygen atoms in total. The predicted molar refractivity (Wildman–Crippen MR) is 166 cm³/mol. The van der Waals surface area contributed by atoms with Gasteiger partial charge in [-0.3, -0.25) is 4.79 Å². The molecule has 0 aliphatic heterocycles. The molecule has 0 saturated heterocycles. The third kappa shape index (κ3) is 7.48. The highest BCUT2D eigenvalue weighted by Gasteiger charge is 2.18. The zero-order chi connectivity index (χ0) is 28.6. The van der Waals surface area contributed by atoms with Crippen molar-refractivity contribution in [1.29, 1.82) is 0 Å². The molecule has 0 bridgehead atoms. The summed E-state index contributed by atoms with van der Waals surface area (Å²) in [7, 11) is 1.64. The lowest BCUT2D eigenvalue weighted by Gasteiger charge is -2.20. The summed E-state index contributed by atoms with van der Waals surface area (Å²) in [5.74, 6) is 0.668. The van der Waals surface area contributed by atoms with Gasteiger partial charge in [-0.05, 0) is 77.4 Å². The quantitative estimate of drug-likeness (QED) is 0.115. The van der Waals surface area contributed by atoms with Gasteiger partial charge >= 0.3 is 0 Å². The van der Waals surface area contributed by atoms with E-state index in [-0.39, 0.29) is 11.5 Å². The number of methoxy groups -OCH3 is 1. The van der Waals surface area contributed by atoms with Crippen LogP contribution in [0.15, 0.2) is 102 Å². The maximum Gasteiger partial charge on any atom is 0.250 e. The second kappa shape index (κ2) is 13.7. The number of nitrogens with one attached hydrogen (secondary N) is 2. The van der Waals surface area contributed by atoms with Gasteiger partial charge < -0.3 is 24.5 Å². The number of aromatic nitrogens is 1. The number of benzene rings is 4. The van der Waals surface area contributed by atoms with Crippen molar-refractivity contribution >= 4 is 45.5 Å². The first-order valence-electron chi connectivity index (χ1n) is 13.2. The highest BCUT2D eigenvalue weighted by molar-refractivity contribution is 6.30. The molecular weight excluding hydrogens is 559 g/mol. The Morgan fingerprint density at radius 1 is 0.732 bits per heavy atom. The molecule has 1 heterocycles. The molecule has 0 aliphatic carbocycles. The van der Waals surface area contributed by atoms with E-state index in [4.69, 9.17) is 37.4 Å². The average Bonchev–Trinajstić information content (AvgIpc) is 2.98. The third-order valence-electron chi connectivity index (χ3n) is 6.67. The number of anilines is 2. The Balaban J connectivity index is 1.43. The van der Waals surface area contributed by atoms with Crippen LogP contribution >= 0.6 is 23.2 Å². The van der Waals surface area contributed by atoms with E-state index in [0.29, 0.717) is 42.2 Å². The molecule has 0 spiro atoms. The number of hydrogen-bond donors (Lipinski definition) is 2. The van der Waals surface area contributed by atoms with Gasteiger partial charge in [0.05, 0.1) is 31.0 Å². The SMILES string of the molecule is COCCOCCOc1ccc(Nc2cc(=O)[nH]c3ccc(C(c4ccc(Cl)cc4)c4ccc(Cl)cc4)cc23)cc1. The standard InChI is InChI=1S/C33H30Cl2N2O4/c1-39-16-17-40-18-19-41-28-13-11-27(12-14-28)36-31-21-32(38)37-30-15-6-24(20-29(30)31)33(22-2-7-25(34)8-3-22)23-4-9-26(35)10-5-23/h2-15,20-21,33H,16-19H2,1H3,(H2,36,37,38). The van der Waals surface area contributed by atoms with E-state index >= 15 is 0 Å². The maximum atomic E-state index is 12.5. The Kier molecular flexibility index (Phi) is 9.59. The zero-order valence-electron chi connectivity index (χ0n) is 22.5. The summed E-state index contributed by atoms with van der Waals surface area (Å²) in [5.41, 5.74) is 5.34. The van der Waals surface area contributed by atoms with Crippen LogP contribution in [0.1, 0.15) is 22.6 Å². The van der Waals surface area contributed by atoms with Gasteiger partial charge in [0, 0.05) is 40.2 Å². The molecule has 0 unspecified atom stereocenters. The summed E-state index contributed by atoms with van der Waals surface area (Å²) >= 11 is 12.4. The van der Waals surface area contributed by atoms with Gasteiger partial charge in [0.1, 0.15) is 12.4 Å². The van der Waals surface area contributed by atoms with Crippen LogP contribution in [0.25, 0.3) is 10.9 Å². The number of H-pyrrole nitrogens is 1. The number of aromatic amines is 1. The van der Waals surface area contributed by atoms with Crippen molar-refractivity contribution < 1.29 is 14.2 Å². The van der Waals surface area contributed by atoms with Crippen molar-refractivity contribution in [2.24, 2.45) is 0 Å². The van der Waals surface area contributed by atoms with Crippen LogP contribution < -0.4 is 15.6 Å². The number of halogens is 2. The lowest BCUT2D eigenvalue weighted by Crippen LogP contribution is -2.10. The van der Waals surface area contributed by atoms with Gasteiger partial charge in [0.2, 0.25) is 5.56 Å². The fourth-order valence-corrected chi connectivity index (χ4v) is 4.95. The van der Waals surface area contributed by atoms with E-state index in [1.54, 1.807) is 13.2 Å². The fourth-order valence-electron chi connectivity index (χ4n) is 4.69. The van der Waals surface area contributed by atoms with Crippen LogP contribution in [0.5, 0.6) is 5.75 Å². The average molecular weight is 590 g/mol. The summed E-state index contributed by atoms with van der Waals surface area (Å²) in [6.45, 7) is 2.02. The molecule has 0 amide bonds. The molecule has 4 aromatic carbocycles. The number of hydrogen-bond acceptors (Lipinski definition) is 5. The summed E-state index contributed by atoms with van der Waals surface area (Å²) < 4.78 is 16.2. The van der Waals surface area contributed by atoms with Crippen LogP contribution in [0, 0.1) is 0 Å². The molecule has 41 heavy (non-hydrogen) atoms. The van der Waals surface area contributed by atoms with Gasteiger partial charge in [-0.15, -0.1) is 0 Å². The minimum absolute atomic E-state index is 0.0661. The van der Waals surface area contributed by atoms with Gasteiger partial charge in [-0.1, -0.05) is 53.5 Å². The minimum atomic E-state index is -0.187. The van der Waals surface area contributed by atoms with Crippen molar-refractivity contribution in [3.05, 3.63) is 134 Å². The second-order valence-corrected chi connectivity index (χ2v) is 10.4. The molecule has 210 valence electrons. The smallest absolute Gasteiger partial charge is 0.250 e. The Hall–Kier alpha value is -3.81.